The van der Waals surface area contributed by atoms with Gasteiger partial charge in [0.2, 0.25) is 5.91 Å². The summed E-state index contributed by atoms with van der Waals surface area (Å²) in [7, 11) is 0. The number of rotatable bonds is 4. The lowest BCUT2D eigenvalue weighted by atomic mass is 9.99. The molecule has 1 aromatic rings. The van der Waals surface area contributed by atoms with E-state index in [9.17, 15) is 9.59 Å². The van der Waals surface area contributed by atoms with E-state index in [0.717, 1.165) is 12.8 Å². The van der Waals surface area contributed by atoms with Crippen molar-refractivity contribution in [1.29, 1.82) is 0 Å². The summed E-state index contributed by atoms with van der Waals surface area (Å²) in [4.78, 5) is 26.4. The first-order valence-electron chi connectivity index (χ1n) is 9.02. The fourth-order valence-corrected chi connectivity index (χ4v) is 3.51. The minimum absolute atomic E-state index is 0.0470. The monoisotopic (exact) mass is 415 g/mol. The molecule has 6 nitrogen and oxygen atoms in total. The summed E-state index contributed by atoms with van der Waals surface area (Å²) >= 11 is 12.0. The molecule has 2 amide bonds. The normalized spacial score (nSPS) is 20.1. The molecule has 2 rings (SSSR count). The van der Waals surface area contributed by atoms with Crippen molar-refractivity contribution in [3.63, 3.8) is 0 Å². The molecule has 0 unspecified atom stereocenters. The van der Waals surface area contributed by atoms with Gasteiger partial charge >= 0.3 is 6.09 Å². The second kappa shape index (κ2) is 9.02. The molecule has 1 saturated heterocycles. The molecule has 0 bridgehead atoms. The third kappa shape index (κ3) is 7.11. The predicted molar refractivity (Wildman–Crippen MR) is 109 cm³/mol. The molecule has 2 N–H and O–H groups in total. The van der Waals surface area contributed by atoms with Gasteiger partial charge in [0.15, 0.2) is 0 Å². The van der Waals surface area contributed by atoms with Gasteiger partial charge in [0.1, 0.15) is 5.60 Å². The van der Waals surface area contributed by atoms with E-state index in [2.05, 4.69) is 10.6 Å². The van der Waals surface area contributed by atoms with E-state index < -0.39 is 11.7 Å². The number of halogens is 2. The first-order chi connectivity index (χ1) is 12.5. The molecule has 0 aromatic heterocycles. The number of amides is 2. The molecular formula is C19H27Cl2N3O3. The van der Waals surface area contributed by atoms with Gasteiger partial charge in [-0.25, -0.2) is 4.79 Å². The molecule has 0 spiro atoms. The third-order valence-corrected chi connectivity index (χ3v) is 4.67. The third-order valence-electron chi connectivity index (χ3n) is 4.23. The van der Waals surface area contributed by atoms with E-state index in [0.29, 0.717) is 22.3 Å². The van der Waals surface area contributed by atoms with Crippen LogP contribution in [0.5, 0.6) is 0 Å². The van der Waals surface area contributed by atoms with Crippen molar-refractivity contribution in [3.05, 3.63) is 28.2 Å². The number of hydrogen-bond acceptors (Lipinski definition) is 4. The number of benzene rings is 1. The lowest BCUT2D eigenvalue weighted by molar-refractivity contribution is -0.133. The zero-order valence-corrected chi connectivity index (χ0v) is 17.7. The lowest BCUT2D eigenvalue weighted by Crippen LogP contribution is -2.54. The second-order valence-electron chi connectivity index (χ2n) is 7.83. The van der Waals surface area contributed by atoms with E-state index in [-0.39, 0.29) is 24.5 Å². The summed E-state index contributed by atoms with van der Waals surface area (Å²) in [6, 6.07) is 5.05. The van der Waals surface area contributed by atoms with Crippen LogP contribution in [0.1, 0.15) is 40.5 Å². The average molecular weight is 416 g/mol. The highest BCUT2D eigenvalue weighted by Gasteiger charge is 2.30. The Hall–Kier alpha value is -1.66. The van der Waals surface area contributed by atoms with Gasteiger partial charge in [0, 0.05) is 34.4 Å². The van der Waals surface area contributed by atoms with Crippen molar-refractivity contribution < 1.29 is 14.3 Å². The zero-order valence-electron chi connectivity index (χ0n) is 16.1. The fourth-order valence-electron chi connectivity index (χ4n) is 2.98. The highest BCUT2D eigenvalue weighted by Crippen LogP contribution is 2.23. The molecule has 150 valence electrons. The molecule has 2 atom stereocenters. The van der Waals surface area contributed by atoms with Crippen molar-refractivity contribution in [2.75, 3.05) is 18.4 Å². The molecular weight excluding hydrogens is 389 g/mol. The molecule has 8 heteroatoms. The summed E-state index contributed by atoms with van der Waals surface area (Å²) in [6.45, 7) is 8.05. The number of anilines is 1. The minimum Gasteiger partial charge on any atom is -0.444 e. The number of hydrogen-bond donors (Lipinski definition) is 2. The Morgan fingerprint density at radius 3 is 2.41 bits per heavy atom. The molecule has 1 aliphatic rings. The summed E-state index contributed by atoms with van der Waals surface area (Å²) in [5, 5.41) is 6.93. The number of alkyl carbamates (subject to hydrolysis) is 1. The van der Waals surface area contributed by atoms with Crippen molar-refractivity contribution in [3.8, 4) is 0 Å². The number of nitrogens with one attached hydrogen (secondary N) is 2. The SMILES string of the molecule is C[C@@H]1CC[C@@H](NC(=O)OC(C)(C)C)CN1C(=O)CNc1cc(Cl)cc(Cl)c1. The molecule has 27 heavy (non-hydrogen) atoms. The van der Waals surface area contributed by atoms with Crippen LogP contribution in [0.25, 0.3) is 0 Å². The average Bonchev–Trinajstić information content (AvgIpc) is 2.51. The van der Waals surface area contributed by atoms with Gasteiger partial charge in [-0.2, -0.15) is 0 Å². The largest absolute Gasteiger partial charge is 0.444 e. The van der Waals surface area contributed by atoms with Crippen LogP contribution in [0.15, 0.2) is 18.2 Å². The van der Waals surface area contributed by atoms with Gasteiger partial charge in [-0.15, -0.1) is 0 Å². The highest BCUT2D eigenvalue weighted by molar-refractivity contribution is 6.35. The van der Waals surface area contributed by atoms with E-state index >= 15 is 0 Å². The maximum absolute atomic E-state index is 12.7. The quantitative estimate of drug-likeness (QED) is 0.768. The van der Waals surface area contributed by atoms with E-state index in [4.69, 9.17) is 27.9 Å². The van der Waals surface area contributed by atoms with E-state index in [1.165, 1.54) is 0 Å². The molecule has 0 aliphatic carbocycles. The molecule has 0 radical (unpaired) electrons. The number of likely N-dealkylation sites (tertiary alicyclic amines) is 1. The van der Waals surface area contributed by atoms with E-state index in [1.807, 2.05) is 27.7 Å². The van der Waals surface area contributed by atoms with Gasteiger partial charge in [-0.05, 0) is 58.7 Å². The maximum atomic E-state index is 12.7. The van der Waals surface area contributed by atoms with Gasteiger partial charge in [0.05, 0.1) is 6.54 Å². The van der Waals surface area contributed by atoms with Crippen LogP contribution >= 0.6 is 23.2 Å². The Labute approximate surface area is 170 Å². The Morgan fingerprint density at radius 1 is 1.19 bits per heavy atom. The fraction of sp³-hybridized carbons (Fsp3) is 0.579. The highest BCUT2D eigenvalue weighted by atomic mass is 35.5. The molecule has 0 saturated carbocycles. The van der Waals surface area contributed by atoms with Crippen molar-refractivity contribution in [2.45, 2.75) is 58.2 Å². The summed E-state index contributed by atoms with van der Waals surface area (Å²) < 4.78 is 5.30. The van der Waals surface area contributed by atoms with Crippen LogP contribution in [0, 0.1) is 0 Å². The molecule has 1 aromatic carbocycles. The molecule has 1 fully saturated rings. The lowest BCUT2D eigenvalue weighted by Gasteiger charge is -2.38. The summed E-state index contributed by atoms with van der Waals surface area (Å²) in [5.74, 6) is -0.0470. The smallest absolute Gasteiger partial charge is 0.407 e. The van der Waals surface area contributed by atoms with Crippen LogP contribution < -0.4 is 10.6 Å². The van der Waals surface area contributed by atoms with Crippen molar-refractivity contribution in [1.82, 2.24) is 10.2 Å². The molecule has 1 heterocycles. The predicted octanol–water partition coefficient (Wildman–Crippen LogP) is 4.31. The van der Waals surface area contributed by atoms with Crippen LogP contribution in [0.4, 0.5) is 10.5 Å². The van der Waals surface area contributed by atoms with Gasteiger partial charge in [-0.1, -0.05) is 23.2 Å². The summed E-state index contributed by atoms with van der Waals surface area (Å²) in [6.07, 6.45) is 1.16. The minimum atomic E-state index is -0.552. The van der Waals surface area contributed by atoms with Gasteiger partial charge in [0.25, 0.3) is 0 Å². The summed E-state index contributed by atoms with van der Waals surface area (Å²) in [5.41, 5.74) is 0.137. The van der Waals surface area contributed by atoms with Crippen LogP contribution in [0.2, 0.25) is 10.0 Å². The van der Waals surface area contributed by atoms with Crippen molar-refractivity contribution in [2.24, 2.45) is 0 Å². The number of carbonyl (C=O) groups excluding carboxylic acids is 2. The Balaban J connectivity index is 1.91. The van der Waals surface area contributed by atoms with Crippen LogP contribution in [-0.4, -0.2) is 47.7 Å². The van der Waals surface area contributed by atoms with E-state index in [1.54, 1.807) is 23.1 Å². The number of piperidine rings is 1. The Bertz CT molecular complexity index is 671. The Morgan fingerprint density at radius 2 is 1.81 bits per heavy atom. The van der Waals surface area contributed by atoms with Crippen LogP contribution in [-0.2, 0) is 9.53 Å². The van der Waals surface area contributed by atoms with Gasteiger partial charge in [-0.3, -0.25) is 4.79 Å². The maximum Gasteiger partial charge on any atom is 0.407 e. The topological polar surface area (TPSA) is 70.7 Å². The number of nitrogens with zero attached hydrogens (tertiary/aromatic N) is 1. The van der Waals surface area contributed by atoms with Crippen molar-refractivity contribution >= 4 is 40.9 Å². The standard InChI is InChI=1S/C19H27Cl2N3O3/c1-12-5-6-15(23-18(26)27-19(2,3)4)11-24(12)17(25)10-22-16-8-13(20)7-14(21)9-16/h7-9,12,15,22H,5-6,10-11H2,1-4H3,(H,23,26)/t12-,15-/m1/s1. The number of ether oxygens (including phenoxy) is 1. The zero-order chi connectivity index (χ0) is 20.2. The first-order valence-corrected chi connectivity index (χ1v) is 9.78. The Kier molecular flexibility index (Phi) is 7.23. The van der Waals surface area contributed by atoms with Gasteiger partial charge < -0.3 is 20.3 Å². The second-order valence-corrected chi connectivity index (χ2v) is 8.70. The first kappa shape index (κ1) is 21.6. The number of carbonyl (C=O) groups is 2. The molecule has 1 aliphatic heterocycles. The van der Waals surface area contributed by atoms with Crippen LogP contribution in [0.3, 0.4) is 0 Å².